The Kier molecular flexibility index (Phi) is 4.52. The summed E-state index contributed by atoms with van der Waals surface area (Å²) in [5.41, 5.74) is 0. The number of aromatic nitrogens is 2. The van der Waals surface area contributed by atoms with Crippen molar-refractivity contribution in [3.05, 3.63) is 16.5 Å². The van der Waals surface area contributed by atoms with Crippen molar-refractivity contribution in [3.8, 4) is 0 Å². The number of hydrogen-bond donors (Lipinski definition) is 1. The lowest BCUT2D eigenvalue weighted by atomic mass is 10.4. The van der Waals surface area contributed by atoms with Crippen LogP contribution in [0.4, 0.5) is 19.0 Å². The van der Waals surface area contributed by atoms with Crippen LogP contribution < -0.4 is 5.32 Å². The molecule has 0 unspecified atom stereocenters. The van der Waals surface area contributed by atoms with Crippen LogP contribution in [0.25, 0.3) is 0 Å². The van der Waals surface area contributed by atoms with Crippen LogP contribution in [-0.2, 0) is 6.42 Å². The van der Waals surface area contributed by atoms with Gasteiger partial charge in [-0.25, -0.2) is 9.97 Å². The standard InChI is InChI=1S/C9H11BrF3N3/c1-2-3-14-8-6(10)5-15-7(16-8)4-9(11,12)13/h5H,2-4H2,1H3,(H,14,15,16). The fraction of sp³-hybridized carbons (Fsp3) is 0.556. The lowest BCUT2D eigenvalue weighted by Gasteiger charge is -2.09. The molecule has 1 aromatic heterocycles. The maximum Gasteiger partial charge on any atom is 0.396 e. The molecule has 0 spiro atoms. The molecular weight excluding hydrogens is 287 g/mol. The molecule has 3 nitrogen and oxygen atoms in total. The maximum atomic E-state index is 12.1. The van der Waals surface area contributed by atoms with Crippen molar-refractivity contribution in [3.63, 3.8) is 0 Å². The van der Waals surface area contributed by atoms with Crippen LogP contribution in [0.5, 0.6) is 0 Å². The molecule has 0 bridgehead atoms. The number of nitrogens with one attached hydrogen (secondary N) is 1. The topological polar surface area (TPSA) is 37.8 Å². The molecule has 0 saturated carbocycles. The summed E-state index contributed by atoms with van der Waals surface area (Å²) in [5.74, 6) is 0.172. The second-order valence-corrected chi connectivity index (χ2v) is 4.06. The molecule has 0 saturated heterocycles. The highest BCUT2D eigenvalue weighted by Crippen LogP contribution is 2.23. The molecule has 7 heteroatoms. The van der Waals surface area contributed by atoms with E-state index in [4.69, 9.17) is 0 Å². The molecule has 0 aliphatic carbocycles. The van der Waals surface area contributed by atoms with Crippen molar-refractivity contribution in [2.24, 2.45) is 0 Å². The monoisotopic (exact) mass is 297 g/mol. The summed E-state index contributed by atoms with van der Waals surface area (Å²) in [6.45, 7) is 2.61. The molecule has 1 aromatic rings. The van der Waals surface area contributed by atoms with E-state index >= 15 is 0 Å². The van der Waals surface area contributed by atoms with Gasteiger partial charge in [0.15, 0.2) is 0 Å². The first-order valence-electron chi connectivity index (χ1n) is 4.74. The molecule has 90 valence electrons. The van der Waals surface area contributed by atoms with E-state index < -0.39 is 12.6 Å². The van der Waals surface area contributed by atoms with Gasteiger partial charge in [-0.05, 0) is 22.4 Å². The van der Waals surface area contributed by atoms with E-state index in [1.165, 1.54) is 6.20 Å². The predicted octanol–water partition coefficient (Wildman–Crippen LogP) is 3.17. The van der Waals surface area contributed by atoms with Gasteiger partial charge in [0, 0.05) is 12.7 Å². The van der Waals surface area contributed by atoms with Gasteiger partial charge in [0.2, 0.25) is 0 Å². The highest BCUT2D eigenvalue weighted by molar-refractivity contribution is 9.10. The third-order valence-electron chi connectivity index (χ3n) is 1.70. The van der Waals surface area contributed by atoms with Crippen molar-refractivity contribution < 1.29 is 13.2 Å². The highest BCUT2D eigenvalue weighted by Gasteiger charge is 2.29. The van der Waals surface area contributed by atoms with Crippen LogP contribution in [0.15, 0.2) is 10.7 Å². The SMILES string of the molecule is CCCNc1nc(CC(F)(F)F)ncc1Br. The second kappa shape index (κ2) is 5.47. The highest BCUT2D eigenvalue weighted by atomic mass is 79.9. The quantitative estimate of drug-likeness (QED) is 0.928. The zero-order chi connectivity index (χ0) is 12.2. The Hall–Kier alpha value is -0.850. The first-order valence-corrected chi connectivity index (χ1v) is 5.53. The first kappa shape index (κ1) is 13.2. The summed E-state index contributed by atoms with van der Waals surface area (Å²) in [5, 5.41) is 2.92. The molecular formula is C9H11BrF3N3. The number of rotatable bonds is 4. The summed E-state index contributed by atoms with van der Waals surface area (Å²) in [4.78, 5) is 7.42. The largest absolute Gasteiger partial charge is 0.396 e. The third-order valence-corrected chi connectivity index (χ3v) is 2.28. The second-order valence-electron chi connectivity index (χ2n) is 3.20. The Bertz CT molecular complexity index is 354. The van der Waals surface area contributed by atoms with Gasteiger partial charge in [-0.1, -0.05) is 6.92 Å². The molecule has 1 heterocycles. The van der Waals surface area contributed by atoms with Gasteiger partial charge in [-0.2, -0.15) is 13.2 Å². The van der Waals surface area contributed by atoms with Gasteiger partial charge in [0.05, 0.1) is 4.47 Å². The van der Waals surface area contributed by atoms with E-state index in [1.807, 2.05) is 6.92 Å². The van der Waals surface area contributed by atoms with Gasteiger partial charge < -0.3 is 5.32 Å². The van der Waals surface area contributed by atoms with Crippen molar-refractivity contribution in [2.45, 2.75) is 25.9 Å². The zero-order valence-corrected chi connectivity index (χ0v) is 10.2. The van der Waals surface area contributed by atoms with Crippen LogP contribution in [0, 0.1) is 0 Å². The molecule has 1 rings (SSSR count). The minimum absolute atomic E-state index is 0.227. The lowest BCUT2D eigenvalue weighted by Crippen LogP contribution is -2.15. The van der Waals surface area contributed by atoms with Crippen LogP contribution in [0.3, 0.4) is 0 Å². The summed E-state index contributed by atoms with van der Waals surface area (Å²) in [6, 6.07) is 0. The Morgan fingerprint density at radius 1 is 1.44 bits per heavy atom. The molecule has 0 fully saturated rings. The Labute approximate surface area is 99.6 Å². The smallest absolute Gasteiger partial charge is 0.369 e. The normalized spacial score (nSPS) is 11.6. The zero-order valence-electron chi connectivity index (χ0n) is 8.60. The average molecular weight is 298 g/mol. The molecule has 0 radical (unpaired) electrons. The third kappa shape index (κ3) is 4.34. The van der Waals surface area contributed by atoms with Gasteiger partial charge in [-0.3, -0.25) is 0 Å². The average Bonchev–Trinajstić information content (AvgIpc) is 2.17. The molecule has 16 heavy (non-hydrogen) atoms. The Morgan fingerprint density at radius 2 is 2.12 bits per heavy atom. The van der Waals surface area contributed by atoms with Gasteiger partial charge in [0.25, 0.3) is 0 Å². The van der Waals surface area contributed by atoms with Crippen LogP contribution in [0.1, 0.15) is 19.2 Å². The summed E-state index contributed by atoms with van der Waals surface area (Å²) in [7, 11) is 0. The van der Waals surface area contributed by atoms with Crippen LogP contribution >= 0.6 is 15.9 Å². The van der Waals surface area contributed by atoms with E-state index in [9.17, 15) is 13.2 Å². The summed E-state index contributed by atoms with van der Waals surface area (Å²) in [6.07, 6.45) is -3.20. The lowest BCUT2D eigenvalue weighted by molar-refractivity contribution is -0.128. The van der Waals surface area contributed by atoms with Crippen molar-refractivity contribution in [1.29, 1.82) is 0 Å². The molecule has 0 aromatic carbocycles. The van der Waals surface area contributed by atoms with E-state index in [-0.39, 0.29) is 5.82 Å². The van der Waals surface area contributed by atoms with Crippen molar-refractivity contribution in [2.75, 3.05) is 11.9 Å². The Balaban J connectivity index is 2.81. The Morgan fingerprint density at radius 3 is 2.69 bits per heavy atom. The fourth-order valence-corrected chi connectivity index (χ4v) is 1.37. The first-order chi connectivity index (χ1) is 7.42. The number of hydrogen-bond acceptors (Lipinski definition) is 3. The molecule has 0 atom stereocenters. The molecule has 0 aliphatic heterocycles. The van der Waals surface area contributed by atoms with E-state index in [1.54, 1.807) is 0 Å². The predicted molar refractivity (Wildman–Crippen MR) is 58.3 cm³/mol. The van der Waals surface area contributed by atoms with Gasteiger partial charge in [0.1, 0.15) is 18.1 Å². The maximum absolute atomic E-state index is 12.1. The van der Waals surface area contributed by atoms with E-state index in [2.05, 4.69) is 31.2 Å². The van der Waals surface area contributed by atoms with E-state index in [0.29, 0.717) is 16.8 Å². The van der Waals surface area contributed by atoms with Gasteiger partial charge >= 0.3 is 6.18 Å². The molecule has 1 N–H and O–H groups in total. The molecule has 0 aliphatic rings. The van der Waals surface area contributed by atoms with Crippen LogP contribution in [-0.4, -0.2) is 22.7 Å². The summed E-state index contributed by atoms with van der Waals surface area (Å²) >= 11 is 3.17. The number of alkyl halides is 3. The number of anilines is 1. The number of nitrogens with zero attached hydrogens (tertiary/aromatic N) is 2. The summed E-state index contributed by atoms with van der Waals surface area (Å²) < 4.78 is 36.9. The van der Waals surface area contributed by atoms with Crippen molar-refractivity contribution in [1.82, 2.24) is 9.97 Å². The molecule has 0 amide bonds. The van der Waals surface area contributed by atoms with Crippen molar-refractivity contribution >= 4 is 21.7 Å². The van der Waals surface area contributed by atoms with Crippen LogP contribution in [0.2, 0.25) is 0 Å². The number of halogens is 4. The fourth-order valence-electron chi connectivity index (χ4n) is 1.04. The van der Waals surface area contributed by atoms with Gasteiger partial charge in [-0.15, -0.1) is 0 Å². The minimum Gasteiger partial charge on any atom is -0.369 e. The van der Waals surface area contributed by atoms with E-state index in [0.717, 1.165) is 6.42 Å². The minimum atomic E-state index is -4.28.